The number of sulfonamides is 1. The molecule has 1 aromatic carbocycles. The Labute approximate surface area is 113 Å². The number of hydrazine groups is 1. The number of hydrogen-bond donors (Lipinski definition) is 2. The molecule has 0 bridgehead atoms. The zero-order valence-corrected chi connectivity index (χ0v) is 11.6. The van der Waals surface area contributed by atoms with Crippen LogP contribution in [0.3, 0.4) is 0 Å². The first-order chi connectivity index (χ1) is 8.99. The Morgan fingerprint density at radius 2 is 2.05 bits per heavy atom. The number of ether oxygens (including phenoxy) is 1. The van der Waals surface area contributed by atoms with Gasteiger partial charge >= 0.3 is 0 Å². The highest BCUT2D eigenvalue weighted by atomic mass is 32.2. The molecule has 0 radical (unpaired) electrons. The Balaban J connectivity index is 2.16. The number of hydrogen-bond acceptors (Lipinski definition) is 5. The van der Waals surface area contributed by atoms with Gasteiger partial charge < -0.3 is 9.84 Å². The summed E-state index contributed by atoms with van der Waals surface area (Å²) in [6.45, 7) is 3.66. The molecule has 0 aliphatic carbocycles. The van der Waals surface area contributed by atoms with Crippen molar-refractivity contribution in [2.75, 3.05) is 26.3 Å². The summed E-state index contributed by atoms with van der Waals surface area (Å²) in [5.74, 6) is 0. The van der Waals surface area contributed by atoms with E-state index in [4.69, 9.17) is 4.74 Å². The maximum atomic E-state index is 12.2. The molecule has 0 amide bonds. The van der Waals surface area contributed by atoms with Crippen LogP contribution in [0, 0.1) is 0 Å². The standard InChI is InChI=1S/C12H18N2O4S/c1-10(15)11-3-2-4-12(9-11)19(16,17)13-14-5-7-18-8-6-14/h2-4,9-10,13,15H,5-8H2,1H3. The lowest BCUT2D eigenvalue weighted by atomic mass is 10.1. The zero-order valence-electron chi connectivity index (χ0n) is 10.7. The molecular formula is C12H18N2O4S. The minimum Gasteiger partial charge on any atom is -0.389 e. The second-order valence-electron chi connectivity index (χ2n) is 4.44. The third kappa shape index (κ3) is 3.74. The molecule has 0 aromatic heterocycles. The van der Waals surface area contributed by atoms with Crippen LogP contribution in [0.25, 0.3) is 0 Å². The van der Waals surface area contributed by atoms with Crippen LogP contribution >= 0.6 is 0 Å². The lowest BCUT2D eigenvalue weighted by Crippen LogP contribution is -2.48. The fourth-order valence-electron chi connectivity index (χ4n) is 1.82. The predicted molar refractivity (Wildman–Crippen MR) is 69.8 cm³/mol. The van der Waals surface area contributed by atoms with Crippen molar-refractivity contribution in [1.82, 2.24) is 9.84 Å². The maximum absolute atomic E-state index is 12.2. The molecule has 1 fully saturated rings. The Bertz CT molecular complexity index is 524. The number of morpholine rings is 1. The van der Waals surface area contributed by atoms with Gasteiger partial charge in [0.05, 0.1) is 24.2 Å². The van der Waals surface area contributed by atoms with E-state index in [-0.39, 0.29) is 4.90 Å². The summed E-state index contributed by atoms with van der Waals surface area (Å²) in [6, 6.07) is 6.30. The molecule has 2 rings (SSSR count). The summed E-state index contributed by atoms with van der Waals surface area (Å²) < 4.78 is 29.6. The SMILES string of the molecule is CC(O)c1cccc(S(=O)(=O)NN2CCOCC2)c1. The molecule has 19 heavy (non-hydrogen) atoms. The van der Waals surface area contributed by atoms with E-state index in [0.717, 1.165) is 0 Å². The van der Waals surface area contributed by atoms with E-state index in [1.165, 1.54) is 12.1 Å². The van der Waals surface area contributed by atoms with Crippen LogP contribution in [-0.4, -0.2) is 44.8 Å². The molecule has 106 valence electrons. The van der Waals surface area contributed by atoms with Gasteiger partial charge in [0.2, 0.25) is 0 Å². The van der Waals surface area contributed by atoms with Gasteiger partial charge in [-0.25, -0.2) is 13.4 Å². The van der Waals surface area contributed by atoms with Gasteiger partial charge in [-0.2, -0.15) is 0 Å². The van der Waals surface area contributed by atoms with Crippen LogP contribution in [0.4, 0.5) is 0 Å². The van der Waals surface area contributed by atoms with E-state index in [2.05, 4.69) is 4.83 Å². The summed E-state index contributed by atoms with van der Waals surface area (Å²) in [7, 11) is -3.61. The number of benzene rings is 1. The fraction of sp³-hybridized carbons (Fsp3) is 0.500. The lowest BCUT2D eigenvalue weighted by Gasteiger charge is -2.26. The molecule has 1 saturated heterocycles. The van der Waals surface area contributed by atoms with E-state index in [9.17, 15) is 13.5 Å². The van der Waals surface area contributed by atoms with Crippen molar-refractivity contribution < 1.29 is 18.3 Å². The third-order valence-corrected chi connectivity index (χ3v) is 4.28. The first kappa shape index (κ1) is 14.4. The largest absolute Gasteiger partial charge is 0.389 e. The van der Waals surface area contributed by atoms with Gasteiger partial charge in [-0.1, -0.05) is 12.1 Å². The number of nitrogens with one attached hydrogen (secondary N) is 1. The van der Waals surface area contributed by atoms with Crippen LogP contribution in [-0.2, 0) is 14.8 Å². The Morgan fingerprint density at radius 1 is 1.37 bits per heavy atom. The number of nitrogens with zero attached hydrogens (tertiary/aromatic N) is 1. The number of aliphatic hydroxyl groups is 1. The fourth-order valence-corrected chi connectivity index (χ4v) is 3.00. The summed E-state index contributed by atoms with van der Waals surface area (Å²) in [5, 5.41) is 11.1. The van der Waals surface area contributed by atoms with Crippen molar-refractivity contribution in [2.45, 2.75) is 17.9 Å². The van der Waals surface area contributed by atoms with Gasteiger partial charge in [-0.3, -0.25) is 0 Å². The van der Waals surface area contributed by atoms with E-state index in [1.54, 1.807) is 24.1 Å². The van der Waals surface area contributed by atoms with Gasteiger partial charge in [-0.05, 0) is 24.6 Å². The summed E-state index contributed by atoms with van der Waals surface area (Å²) in [4.78, 5) is 2.67. The van der Waals surface area contributed by atoms with Gasteiger partial charge in [0, 0.05) is 13.1 Å². The highest BCUT2D eigenvalue weighted by Gasteiger charge is 2.20. The van der Waals surface area contributed by atoms with Crippen LogP contribution in [0.15, 0.2) is 29.2 Å². The van der Waals surface area contributed by atoms with Gasteiger partial charge in [-0.15, -0.1) is 4.83 Å². The minimum absolute atomic E-state index is 0.150. The molecule has 1 unspecified atom stereocenters. The molecule has 1 atom stereocenters. The monoisotopic (exact) mass is 286 g/mol. The van der Waals surface area contributed by atoms with Crippen molar-refractivity contribution in [3.05, 3.63) is 29.8 Å². The normalized spacial score (nSPS) is 19.3. The average Bonchev–Trinajstić information content (AvgIpc) is 2.39. The average molecular weight is 286 g/mol. The van der Waals surface area contributed by atoms with Crippen LogP contribution in [0.2, 0.25) is 0 Å². The lowest BCUT2D eigenvalue weighted by molar-refractivity contribution is 0.0272. The highest BCUT2D eigenvalue weighted by molar-refractivity contribution is 7.89. The number of rotatable bonds is 4. The molecule has 1 aliphatic heterocycles. The van der Waals surface area contributed by atoms with Gasteiger partial charge in [0.1, 0.15) is 0 Å². The second-order valence-corrected chi connectivity index (χ2v) is 6.10. The van der Waals surface area contributed by atoms with E-state index < -0.39 is 16.1 Å². The summed E-state index contributed by atoms with van der Waals surface area (Å²) in [5.41, 5.74) is 0.574. The van der Waals surface area contributed by atoms with E-state index in [1.807, 2.05) is 0 Å². The molecule has 2 N–H and O–H groups in total. The van der Waals surface area contributed by atoms with Crippen molar-refractivity contribution >= 4 is 10.0 Å². The Kier molecular flexibility index (Phi) is 4.54. The Morgan fingerprint density at radius 3 is 2.68 bits per heavy atom. The molecule has 1 aromatic rings. The first-order valence-corrected chi connectivity index (χ1v) is 7.60. The molecule has 0 saturated carbocycles. The molecular weight excluding hydrogens is 268 g/mol. The van der Waals surface area contributed by atoms with Gasteiger partial charge in [0.25, 0.3) is 10.0 Å². The van der Waals surface area contributed by atoms with Crippen molar-refractivity contribution in [3.8, 4) is 0 Å². The molecule has 0 spiro atoms. The quantitative estimate of drug-likeness (QED) is 0.830. The molecule has 6 nitrogen and oxygen atoms in total. The second kappa shape index (κ2) is 5.98. The summed E-state index contributed by atoms with van der Waals surface area (Å²) in [6.07, 6.45) is -0.696. The number of aliphatic hydroxyl groups excluding tert-OH is 1. The maximum Gasteiger partial charge on any atom is 0.253 e. The van der Waals surface area contributed by atoms with E-state index in [0.29, 0.717) is 31.9 Å². The van der Waals surface area contributed by atoms with E-state index >= 15 is 0 Å². The predicted octanol–water partition coefficient (Wildman–Crippen LogP) is 0.265. The smallest absolute Gasteiger partial charge is 0.253 e. The molecule has 7 heteroatoms. The topological polar surface area (TPSA) is 78.9 Å². The highest BCUT2D eigenvalue weighted by Crippen LogP contribution is 2.17. The summed E-state index contributed by atoms with van der Waals surface area (Å²) >= 11 is 0. The van der Waals surface area contributed by atoms with Crippen LogP contribution in [0.1, 0.15) is 18.6 Å². The zero-order chi connectivity index (χ0) is 13.9. The minimum atomic E-state index is -3.61. The Hall–Kier alpha value is -0.990. The van der Waals surface area contributed by atoms with Crippen molar-refractivity contribution in [3.63, 3.8) is 0 Å². The van der Waals surface area contributed by atoms with Crippen LogP contribution in [0.5, 0.6) is 0 Å². The van der Waals surface area contributed by atoms with Crippen molar-refractivity contribution in [2.24, 2.45) is 0 Å². The van der Waals surface area contributed by atoms with Gasteiger partial charge in [0.15, 0.2) is 0 Å². The van der Waals surface area contributed by atoms with Crippen molar-refractivity contribution in [1.29, 1.82) is 0 Å². The molecule has 1 heterocycles. The third-order valence-electron chi connectivity index (χ3n) is 2.91. The van der Waals surface area contributed by atoms with Crippen LogP contribution < -0.4 is 4.83 Å². The first-order valence-electron chi connectivity index (χ1n) is 6.12. The molecule has 1 aliphatic rings.